The van der Waals surface area contributed by atoms with Gasteiger partial charge in [-0.25, -0.2) is 0 Å². The second kappa shape index (κ2) is 8.90. The highest BCUT2D eigenvalue weighted by Gasteiger charge is 2.47. The number of aliphatic hydroxyl groups is 1. The number of anilines is 1. The third-order valence-corrected chi connectivity index (χ3v) is 5.97. The SMILES string of the molecule is COc1ccc(/C(O)=C2/C(=O)C(=O)N(c3ccccc3C)C2c2ccncc2)cc1C(C)C. The molecule has 1 atom stereocenters. The second-order valence-corrected chi connectivity index (χ2v) is 8.35. The topological polar surface area (TPSA) is 79.7 Å². The van der Waals surface area contributed by atoms with E-state index in [-0.39, 0.29) is 17.3 Å². The molecule has 4 rings (SSSR count). The molecule has 0 bridgehead atoms. The number of aryl methyl sites for hydroxylation is 1. The first kappa shape index (κ1) is 22.3. The number of aliphatic hydroxyl groups excluding tert-OH is 1. The Hall–Kier alpha value is -3.93. The van der Waals surface area contributed by atoms with Crippen molar-refractivity contribution >= 4 is 23.1 Å². The Bertz CT molecular complexity index is 1250. The van der Waals surface area contributed by atoms with E-state index in [9.17, 15) is 14.7 Å². The summed E-state index contributed by atoms with van der Waals surface area (Å²) < 4.78 is 5.45. The summed E-state index contributed by atoms with van der Waals surface area (Å²) >= 11 is 0. The van der Waals surface area contributed by atoms with E-state index in [1.54, 1.807) is 49.8 Å². The van der Waals surface area contributed by atoms with Crippen LogP contribution in [0.3, 0.4) is 0 Å². The Balaban J connectivity index is 1.95. The highest BCUT2D eigenvalue weighted by molar-refractivity contribution is 6.51. The van der Waals surface area contributed by atoms with Crippen LogP contribution in [0.2, 0.25) is 0 Å². The van der Waals surface area contributed by atoms with Crippen molar-refractivity contribution in [3.63, 3.8) is 0 Å². The van der Waals surface area contributed by atoms with Gasteiger partial charge in [-0.2, -0.15) is 0 Å². The highest BCUT2D eigenvalue weighted by Crippen LogP contribution is 2.43. The molecule has 0 saturated carbocycles. The van der Waals surface area contributed by atoms with Crippen molar-refractivity contribution in [1.82, 2.24) is 4.98 Å². The van der Waals surface area contributed by atoms with Gasteiger partial charge in [0.05, 0.1) is 18.7 Å². The number of pyridine rings is 1. The molecule has 1 unspecified atom stereocenters. The van der Waals surface area contributed by atoms with Gasteiger partial charge in [0.1, 0.15) is 11.5 Å². The molecule has 1 aliphatic heterocycles. The normalized spacial score (nSPS) is 17.6. The van der Waals surface area contributed by atoms with Crippen molar-refractivity contribution < 1.29 is 19.4 Å². The Labute approximate surface area is 193 Å². The Morgan fingerprint density at radius 2 is 1.76 bits per heavy atom. The summed E-state index contributed by atoms with van der Waals surface area (Å²) in [5.74, 6) is -0.772. The molecule has 3 aromatic rings. The van der Waals surface area contributed by atoms with Crippen molar-refractivity contribution in [2.45, 2.75) is 32.7 Å². The third kappa shape index (κ3) is 3.89. The lowest BCUT2D eigenvalue weighted by molar-refractivity contribution is -0.132. The number of amides is 1. The number of aromatic nitrogens is 1. The molecule has 1 saturated heterocycles. The van der Waals surface area contributed by atoms with Crippen molar-refractivity contribution in [2.24, 2.45) is 0 Å². The summed E-state index contributed by atoms with van der Waals surface area (Å²) in [5.41, 5.74) is 3.57. The van der Waals surface area contributed by atoms with Crippen LogP contribution in [0.15, 0.2) is 72.6 Å². The first-order chi connectivity index (χ1) is 15.8. The van der Waals surface area contributed by atoms with E-state index in [1.165, 1.54) is 4.90 Å². The van der Waals surface area contributed by atoms with Gasteiger partial charge in [-0.3, -0.25) is 19.5 Å². The van der Waals surface area contributed by atoms with Gasteiger partial charge in [-0.1, -0.05) is 32.0 Å². The first-order valence-electron chi connectivity index (χ1n) is 10.8. The highest BCUT2D eigenvalue weighted by atomic mass is 16.5. The van der Waals surface area contributed by atoms with Gasteiger partial charge in [-0.15, -0.1) is 0 Å². The standard InChI is InChI=1S/C27H26N2O4/c1-16(2)20-15-19(9-10-22(20)33-4)25(30)23-24(18-11-13-28-14-12-18)29(27(32)26(23)31)21-8-6-5-7-17(21)3/h5-16,24,30H,1-4H3/b25-23-. The summed E-state index contributed by atoms with van der Waals surface area (Å²) in [7, 11) is 1.60. The number of para-hydroxylation sites is 1. The molecule has 6 nitrogen and oxygen atoms in total. The van der Waals surface area contributed by atoms with Crippen LogP contribution in [0.1, 0.15) is 48.1 Å². The molecule has 2 aromatic carbocycles. The molecule has 0 spiro atoms. The van der Waals surface area contributed by atoms with E-state index in [2.05, 4.69) is 4.98 Å². The van der Waals surface area contributed by atoms with Crippen molar-refractivity contribution in [1.29, 1.82) is 0 Å². The summed E-state index contributed by atoms with van der Waals surface area (Å²) in [5, 5.41) is 11.4. The maximum Gasteiger partial charge on any atom is 0.300 e. The number of ketones is 1. The lowest BCUT2D eigenvalue weighted by Crippen LogP contribution is -2.30. The van der Waals surface area contributed by atoms with Crippen LogP contribution in [0.4, 0.5) is 5.69 Å². The summed E-state index contributed by atoms with van der Waals surface area (Å²) in [6.07, 6.45) is 3.22. The zero-order chi connectivity index (χ0) is 23.7. The minimum absolute atomic E-state index is 0.0503. The molecular weight excluding hydrogens is 416 g/mol. The lowest BCUT2D eigenvalue weighted by Gasteiger charge is -2.26. The van der Waals surface area contributed by atoms with Crippen LogP contribution in [-0.2, 0) is 9.59 Å². The molecule has 1 N–H and O–H groups in total. The smallest absolute Gasteiger partial charge is 0.300 e. The Morgan fingerprint density at radius 3 is 2.39 bits per heavy atom. The molecule has 0 aliphatic carbocycles. The third-order valence-electron chi connectivity index (χ3n) is 5.97. The minimum atomic E-state index is -0.779. The molecule has 1 fully saturated rings. The van der Waals surface area contributed by atoms with Crippen LogP contribution in [-0.4, -0.2) is 28.9 Å². The molecular formula is C27H26N2O4. The van der Waals surface area contributed by atoms with E-state index >= 15 is 0 Å². The molecule has 1 aliphatic rings. The maximum absolute atomic E-state index is 13.3. The minimum Gasteiger partial charge on any atom is -0.507 e. The summed E-state index contributed by atoms with van der Waals surface area (Å²) in [6.45, 7) is 5.93. The fourth-order valence-corrected chi connectivity index (χ4v) is 4.26. The number of rotatable bonds is 5. The average Bonchev–Trinajstić information content (AvgIpc) is 3.09. The predicted octanol–water partition coefficient (Wildman–Crippen LogP) is 5.15. The number of carbonyl (C=O) groups excluding carboxylic acids is 2. The van der Waals surface area contributed by atoms with Gasteiger partial charge in [0.2, 0.25) is 0 Å². The van der Waals surface area contributed by atoms with E-state index in [4.69, 9.17) is 4.74 Å². The number of hydrogen-bond acceptors (Lipinski definition) is 5. The molecule has 1 aromatic heterocycles. The Morgan fingerprint density at radius 1 is 1.06 bits per heavy atom. The van der Waals surface area contributed by atoms with Gasteiger partial charge in [0, 0.05) is 23.6 Å². The monoisotopic (exact) mass is 442 g/mol. The average molecular weight is 443 g/mol. The van der Waals surface area contributed by atoms with Crippen LogP contribution >= 0.6 is 0 Å². The summed E-state index contributed by atoms with van der Waals surface area (Å²) in [4.78, 5) is 32.1. The van der Waals surface area contributed by atoms with Crippen LogP contribution < -0.4 is 9.64 Å². The van der Waals surface area contributed by atoms with Crippen molar-refractivity contribution in [2.75, 3.05) is 12.0 Å². The molecule has 0 radical (unpaired) electrons. The second-order valence-electron chi connectivity index (χ2n) is 8.35. The number of ether oxygens (including phenoxy) is 1. The van der Waals surface area contributed by atoms with Gasteiger partial charge >= 0.3 is 0 Å². The molecule has 2 heterocycles. The predicted molar refractivity (Wildman–Crippen MR) is 127 cm³/mol. The largest absolute Gasteiger partial charge is 0.507 e. The number of methoxy groups -OCH3 is 1. The Kier molecular flexibility index (Phi) is 6.01. The van der Waals surface area contributed by atoms with E-state index in [0.29, 0.717) is 22.6 Å². The maximum atomic E-state index is 13.3. The van der Waals surface area contributed by atoms with E-state index < -0.39 is 17.7 Å². The van der Waals surface area contributed by atoms with Gasteiger partial charge in [0.25, 0.3) is 11.7 Å². The summed E-state index contributed by atoms with van der Waals surface area (Å²) in [6, 6.07) is 15.4. The van der Waals surface area contributed by atoms with E-state index in [1.807, 2.05) is 45.0 Å². The number of nitrogens with zero attached hydrogens (tertiary/aromatic N) is 2. The van der Waals surface area contributed by atoms with Gasteiger partial charge in [-0.05, 0) is 65.9 Å². The molecule has 6 heteroatoms. The molecule has 1 amide bonds. The van der Waals surface area contributed by atoms with Crippen LogP contribution in [0, 0.1) is 6.92 Å². The zero-order valence-corrected chi connectivity index (χ0v) is 19.1. The van der Waals surface area contributed by atoms with Gasteiger partial charge in [0.15, 0.2) is 0 Å². The fourth-order valence-electron chi connectivity index (χ4n) is 4.26. The quantitative estimate of drug-likeness (QED) is 0.336. The first-order valence-corrected chi connectivity index (χ1v) is 10.8. The number of hydrogen-bond donors (Lipinski definition) is 1. The van der Waals surface area contributed by atoms with Crippen LogP contribution in [0.25, 0.3) is 5.76 Å². The van der Waals surface area contributed by atoms with Gasteiger partial charge < -0.3 is 9.84 Å². The number of benzene rings is 2. The zero-order valence-electron chi connectivity index (χ0n) is 19.1. The fraction of sp³-hybridized carbons (Fsp3) is 0.222. The van der Waals surface area contributed by atoms with E-state index in [0.717, 1.165) is 11.1 Å². The van der Waals surface area contributed by atoms with Crippen LogP contribution in [0.5, 0.6) is 5.75 Å². The number of carbonyl (C=O) groups is 2. The van der Waals surface area contributed by atoms with Crippen molar-refractivity contribution in [3.8, 4) is 5.75 Å². The molecule has 33 heavy (non-hydrogen) atoms. The number of Topliss-reactive ketones (excluding diaryl/α,β-unsaturated/α-hetero) is 1. The van der Waals surface area contributed by atoms with Crippen molar-refractivity contribution in [3.05, 3.63) is 94.8 Å². The lowest BCUT2D eigenvalue weighted by atomic mass is 9.93. The molecule has 168 valence electrons.